The quantitative estimate of drug-likeness (QED) is 0.926. The van der Waals surface area contributed by atoms with Crippen molar-refractivity contribution in [3.63, 3.8) is 0 Å². The SMILES string of the molecule is Cc1cc(NCC2(N(C)C)CCC2)ncc1Br. The smallest absolute Gasteiger partial charge is 0.126 e. The number of anilines is 1. The molecule has 1 aliphatic carbocycles. The van der Waals surface area contributed by atoms with Gasteiger partial charge in [0.15, 0.2) is 0 Å². The third-order valence-electron chi connectivity index (χ3n) is 3.88. The van der Waals surface area contributed by atoms with Crippen molar-refractivity contribution in [3.8, 4) is 0 Å². The molecule has 17 heavy (non-hydrogen) atoms. The zero-order chi connectivity index (χ0) is 12.5. The van der Waals surface area contributed by atoms with E-state index in [9.17, 15) is 0 Å². The number of likely N-dealkylation sites (N-methyl/N-ethyl adjacent to an activating group) is 1. The van der Waals surface area contributed by atoms with E-state index in [2.05, 4.69) is 58.2 Å². The molecule has 1 heterocycles. The van der Waals surface area contributed by atoms with Crippen molar-refractivity contribution in [3.05, 3.63) is 22.3 Å². The average Bonchev–Trinajstić information content (AvgIpc) is 2.21. The Morgan fingerprint density at radius 2 is 2.18 bits per heavy atom. The van der Waals surface area contributed by atoms with Crippen molar-refractivity contribution in [1.29, 1.82) is 0 Å². The first-order valence-corrected chi connectivity index (χ1v) is 6.86. The van der Waals surface area contributed by atoms with Crippen LogP contribution in [0, 0.1) is 6.92 Å². The second kappa shape index (κ2) is 4.94. The number of hydrogen-bond donors (Lipinski definition) is 1. The van der Waals surface area contributed by atoms with E-state index in [1.165, 1.54) is 24.8 Å². The molecule has 0 amide bonds. The molecule has 0 atom stereocenters. The summed E-state index contributed by atoms with van der Waals surface area (Å²) >= 11 is 3.47. The van der Waals surface area contributed by atoms with Gasteiger partial charge in [-0.2, -0.15) is 0 Å². The summed E-state index contributed by atoms with van der Waals surface area (Å²) in [7, 11) is 4.34. The number of nitrogens with one attached hydrogen (secondary N) is 1. The Balaban J connectivity index is 1.99. The van der Waals surface area contributed by atoms with Gasteiger partial charge in [-0.25, -0.2) is 4.98 Å². The van der Waals surface area contributed by atoms with Crippen molar-refractivity contribution in [1.82, 2.24) is 9.88 Å². The van der Waals surface area contributed by atoms with Gasteiger partial charge in [0.1, 0.15) is 5.82 Å². The van der Waals surface area contributed by atoms with Gasteiger partial charge in [-0.3, -0.25) is 0 Å². The average molecular weight is 298 g/mol. The molecule has 0 aromatic carbocycles. The highest BCUT2D eigenvalue weighted by Gasteiger charge is 2.38. The van der Waals surface area contributed by atoms with Crippen molar-refractivity contribution in [2.24, 2.45) is 0 Å². The molecular weight excluding hydrogens is 278 g/mol. The second-order valence-electron chi connectivity index (χ2n) is 5.14. The zero-order valence-corrected chi connectivity index (χ0v) is 12.3. The third kappa shape index (κ3) is 2.63. The van der Waals surface area contributed by atoms with Crippen LogP contribution in [-0.4, -0.2) is 36.1 Å². The Hall–Kier alpha value is -0.610. The maximum atomic E-state index is 4.38. The lowest BCUT2D eigenvalue weighted by Crippen LogP contribution is -2.54. The number of rotatable bonds is 4. The molecule has 94 valence electrons. The van der Waals surface area contributed by atoms with Gasteiger partial charge in [0.05, 0.1) is 0 Å². The summed E-state index contributed by atoms with van der Waals surface area (Å²) in [5.74, 6) is 0.971. The molecule has 1 aromatic rings. The molecule has 0 spiro atoms. The van der Waals surface area contributed by atoms with Gasteiger partial charge in [-0.15, -0.1) is 0 Å². The molecule has 0 bridgehead atoms. The number of aryl methyl sites for hydroxylation is 1. The highest BCUT2D eigenvalue weighted by Crippen LogP contribution is 2.36. The van der Waals surface area contributed by atoms with E-state index in [-0.39, 0.29) is 0 Å². The number of halogens is 1. The molecule has 0 radical (unpaired) electrons. The molecule has 2 rings (SSSR count). The molecule has 0 unspecified atom stereocenters. The summed E-state index contributed by atoms with van der Waals surface area (Å²) in [4.78, 5) is 6.73. The fraction of sp³-hybridized carbons (Fsp3) is 0.615. The Morgan fingerprint density at radius 3 is 2.65 bits per heavy atom. The Kier molecular flexibility index (Phi) is 3.73. The molecule has 0 aliphatic heterocycles. The van der Waals surface area contributed by atoms with Gasteiger partial charge in [0, 0.05) is 22.8 Å². The summed E-state index contributed by atoms with van der Waals surface area (Å²) in [6, 6.07) is 2.09. The van der Waals surface area contributed by atoms with Crippen LogP contribution in [0.4, 0.5) is 5.82 Å². The van der Waals surface area contributed by atoms with Crippen molar-refractivity contribution >= 4 is 21.7 Å². The predicted molar refractivity (Wildman–Crippen MR) is 75.4 cm³/mol. The Bertz CT molecular complexity index is 400. The molecule has 1 aliphatic rings. The monoisotopic (exact) mass is 297 g/mol. The Morgan fingerprint density at radius 1 is 1.47 bits per heavy atom. The minimum atomic E-state index is 0.336. The molecule has 3 nitrogen and oxygen atoms in total. The van der Waals surface area contributed by atoms with E-state index >= 15 is 0 Å². The molecule has 4 heteroatoms. The summed E-state index contributed by atoms with van der Waals surface area (Å²) in [6.45, 7) is 3.07. The third-order valence-corrected chi connectivity index (χ3v) is 4.71. The van der Waals surface area contributed by atoms with Crippen LogP contribution in [0.25, 0.3) is 0 Å². The topological polar surface area (TPSA) is 28.2 Å². The lowest BCUT2D eigenvalue weighted by atomic mass is 9.75. The van der Waals surface area contributed by atoms with Gasteiger partial charge in [0.25, 0.3) is 0 Å². The molecule has 1 aromatic heterocycles. The van der Waals surface area contributed by atoms with Crippen LogP contribution < -0.4 is 5.32 Å². The van der Waals surface area contributed by atoms with E-state index in [1.54, 1.807) is 0 Å². The highest BCUT2D eigenvalue weighted by molar-refractivity contribution is 9.10. The van der Waals surface area contributed by atoms with Crippen LogP contribution in [-0.2, 0) is 0 Å². The molecular formula is C13H20BrN3. The standard InChI is InChI=1S/C13H20BrN3/c1-10-7-12(15-8-11(10)14)16-9-13(17(2)3)5-4-6-13/h7-8H,4-6,9H2,1-3H3,(H,15,16). The van der Waals surface area contributed by atoms with Crippen molar-refractivity contribution in [2.75, 3.05) is 26.0 Å². The molecule has 1 N–H and O–H groups in total. The molecule has 1 saturated carbocycles. The molecule has 0 saturated heterocycles. The first kappa shape index (κ1) is 12.8. The number of nitrogens with zero attached hydrogens (tertiary/aromatic N) is 2. The van der Waals surface area contributed by atoms with Crippen LogP contribution in [0.15, 0.2) is 16.7 Å². The maximum absolute atomic E-state index is 4.38. The van der Waals surface area contributed by atoms with E-state index in [0.717, 1.165) is 16.8 Å². The first-order chi connectivity index (χ1) is 8.03. The predicted octanol–water partition coefficient (Wildman–Crippen LogP) is 3.05. The van der Waals surface area contributed by atoms with Crippen LogP contribution in [0.1, 0.15) is 24.8 Å². The van der Waals surface area contributed by atoms with Gasteiger partial charge in [0.2, 0.25) is 0 Å². The summed E-state index contributed by atoms with van der Waals surface area (Å²) < 4.78 is 1.06. The minimum Gasteiger partial charge on any atom is -0.368 e. The van der Waals surface area contributed by atoms with Crippen LogP contribution in [0.2, 0.25) is 0 Å². The highest BCUT2D eigenvalue weighted by atomic mass is 79.9. The Labute approximate surface area is 112 Å². The van der Waals surface area contributed by atoms with Crippen LogP contribution in [0.3, 0.4) is 0 Å². The van der Waals surface area contributed by atoms with Gasteiger partial charge in [-0.05, 0) is 67.8 Å². The van der Waals surface area contributed by atoms with Gasteiger partial charge in [-0.1, -0.05) is 0 Å². The normalized spacial score (nSPS) is 17.9. The zero-order valence-electron chi connectivity index (χ0n) is 10.8. The summed E-state index contributed by atoms with van der Waals surface area (Å²) in [6.07, 6.45) is 5.76. The largest absolute Gasteiger partial charge is 0.368 e. The van der Waals surface area contributed by atoms with Gasteiger partial charge >= 0.3 is 0 Å². The minimum absolute atomic E-state index is 0.336. The van der Waals surface area contributed by atoms with E-state index < -0.39 is 0 Å². The fourth-order valence-electron chi connectivity index (χ4n) is 2.26. The van der Waals surface area contributed by atoms with E-state index in [1.807, 2.05) is 6.20 Å². The van der Waals surface area contributed by atoms with Crippen LogP contribution in [0.5, 0.6) is 0 Å². The number of aromatic nitrogens is 1. The van der Waals surface area contributed by atoms with E-state index in [0.29, 0.717) is 5.54 Å². The second-order valence-corrected chi connectivity index (χ2v) is 6.00. The number of pyridine rings is 1. The first-order valence-electron chi connectivity index (χ1n) is 6.07. The summed E-state index contributed by atoms with van der Waals surface area (Å²) in [5, 5.41) is 3.46. The number of hydrogen-bond acceptors (Lipinski definition) is 3. The lowest BCUT2D eigenvalue weighted by molar-refractivity contribution is 0.0738. The lowest BCUT2D eigenvalue weighted by Gasteiger charge is -2.47. The van der Waals surface area contributed by atoms with Crippen LogP contribution >= 0.6 is 15.9 Å². The maximum Gasteiger partial charge on any atom is 0.126 e. The summed E-state index contributed by atoms with van der Waals surface area (Å²) in [5.41, 5.74) is 1.55. The van der Waals surface area contributed by atoms with Gasteiger partial charge < -0.3 is 10.2 Å². The molecule has 1 fully saturated rings. The van der Waals surface area contributed by atoms with Crippen molar-refractivity contribution < 1.29 is 0 Å². The van der Waals surface area contributed by atoms with Crippen molar-refractivity contribution in [2.45, 2.75) is 31.7 Å². The fourth-order valence-corrected chi connectivity index (χ4v) is 2.47. The van der Waals surface area contributed by atoms with E-state index in [4.69, 9.17) is 0 Å².